The number of halogens is 3. The van der Waals surface area contributed by atoms with E-state index in [4.69, 9.17) is 0 Å². The van der Waals surface area contributed by atoms with Crippen LogP contribution >= 0.6 is 0 Å². The van der Waals surface area contributed by atoms with Crippen LogP contribution in [0.5, 0.6) is 0 Å². The summed E-state index contributed by atoms with van der Waals surface area (Å²) >= 11 is 0. The second kappa shape index (κ2) is 7.99. The zero-order valence-electron chi connectivity index (χ0n) is 14.7. The SMILES string of the molecule is CC(C)Cc1ccccc1S(=O)(=O)NC(=O)Nc1cccc(C(F)(F)F)c1. The van der Waals surface area contributed by atoms with Crippen LogP contribution in [0.15, 0.2) is 53.4 Å². The highest BCUT2D eigenvalue weighted by Gasteiger charge is 2.30. The molecule has 2 amide bonds. The first-order valence-corrected chi connectivity index (χ1v) is 9.56. The molecule has 5 nitrogen and oxygen atoms in total. The van der Waals surface area contributed by atoms with Gasteiger partial charge >= 0.3 is 12.2 Å². The first-order valence-electron chi connectivity index (χ1n) is 8.08. The Bertz CT molecular complexity index is 925. The third-order valence-corrected chi connectivity index (χ3v) is 5.00. The molecular formula is C18H19F3N2O3S. The van der Waals surface area contributed by atoms with E-state index in [9.17, 15) is 26.4 Å². The smallest absolute Gasteiger partial charge is 0.307 e. The number of sulfonamides is 1. The lowest BCUT2D eigenvalue weighted by atomic mass is 10.0. The lowest BCUT2D eigenvalue weighted by molar-refractivity contribution is -0.137. The number of hydrogen-bond acceptors (Lipinski definition) is 3. The Labute approximate surface area is 155 Å². The first kappa shape index (κ1) is 20.8. The Kier molecular flexibility index (Phi) is 6.15. The number of hydrogen-bond donors (Lipinski definition) is 2. The van der Waals surface area contributed by atoms with Crippen LogP contribution < -0.4 is 10.0 Å². The molecule has 0 spiro atoms. The number of alkyl halides is 3. The molecule has 2 aromatic rings. The van der Waals surface area contributed by atoms with Crippen molar-refractivity contribution in [3.05, 3.63) is 59.7 Å². The van der Waals surface area contributed by atoms with Crippen molar-refractivity contribution in [2.75, 3.05) is 5.32 Å². The molecule has 0 saturated heterocycles. The summed E-state index contributed by atoms with van der Waals surface area (Å²) in [6.45, 7) is 3.86. The zero-order valence-corrected chi connectivity index (χ0v) is 15.5. The molecule has 2 rings (SSSR count). The third-order valence-electron chi connectivity index (χ3n) is 3.57. The van der Waals surface area contributed by atoms with Crippen molar-refractivity contribution in [3.63, 3.8) is 0 Å². The quantitative estimate of drug-likeness (QED) is 0.780. The predicted octanol–water partition coefficient (Wildman–Crippen LogP) is 4.41. The summed E-state index contributed by atoms with van der Waals surface area (Å²) in [5.41, 5.74) is -0.578. The lowest BCUT2D eigenvalue weighted by Gasteiger charge is -2.14. The second-order valence-electron chi connectivity index (χ2n) is 6.34. The molecule has 0 aliphatic carbocycles. The van der Waals surface area contributed by atoms with Gasteiger partial charge in [0.05, 0.1) is 10.5 Å². The zero-order chi connectivity index (χ0) is 20.2. The summed E-state index contributed by atoms with van der Waals surface area (Å²) in [5.74, 6) is 0.195. The topological polar surface area (TPSA) is 75.3 Å². The second-order valence-corrected chi connectivity index (χ2v) is 7.99. The summed E-state index contributed by atoms with van der Waals surface area (Å²) in [6, 6.07) is 9.02. The molecule has 9 heteroatoms. The van der Waals surface area contributed by atoms with E-state index in [-0.39, 0.29) is 16.5 Å². The highest BCUT2D eigenvalue weighted by atomic mass is 32.2. The van der Waals surface area contributed by atoms with Crippen molar-refractivity contribution in [1.82, 2.24) is 4.72 Å². The highest BCUT2D eigenvalue weighted by molar-refractivity contribution is 7.90. The normalized spacial score (nSPS) is 12.1. The summed E-state index contributed by atoms with van der Waals surface area (Å²) in [6.07, 6.45) is -4.08. The van der Waals surface area contributed by atoms with E-state index in [0.29, 0.717) is 12.0 Å². The van der Waals surface area contributed by atoms with Crippen molar-refractivity contribution in [2.24, 2.45) is 5.92 Å². The minimum Gasteiger partial charge on any atom is -0.307 e. The Morgan fingerprint density at radius 1 is 1.07 bits per heavy atom. The number of rotatable bonds is 5. The maximum absolute atomic E-state index is 12.7. The third kappa shape index (κ3) is 5.72. The molecule has 0 aliphatic rings. The number of carbonyl (C=O) groups is 1. The molecule has 27 heavy (non-hydrogen) atoms. The van der Waals surface area contributed by atoms with Crippen molar-refractivity contribution in [3.8, 4) is 0 Å². The van der Waals surface area contributed by atoms with Crippen LogP contribution in [0.3, 0.4) is 0 Å². The monoisotopic (exact) mass is 400 g/mol. The predicted molar refractivity (Wildman–Crippen MR) is 95.8 cm³/mol. The molecule has 0 atom stereocenters. The van der Waals surface area contributed by atoms with Gasteiger partial charge in [-0.2, -0.15) is 13.2 Å². The standard InChI is InChI=1S/C18H19F3N2O3S/c1-12(2)10-13-6-3-4-9-16(13)27(25,26)23-17(24)22-15-8-5-7-14(11-15)18(19,20)21/h3-9,11-12H,10H2,1-2H3,(H2,22,23,24). The maximum Gasteiger partial charge on any atom is 0.416 e. The first-order chi connectivity index (χ1) is 12.5. The molecule has 0 bridgehead atoms. The average Bonchev–Trinajstić information content (AvgIpc) is 2.53. The molecule has 0 heterocycles. The van der Waals surface area contributed by atoms with Gasteiger partial charge in [0.15, 0.2) is 0 Å². The molecule has 0 radical (unpaired) electrons. The van der Waals surface area contributed by atoms with E-state index < -0.39 is 27.8 Å². The van der Waals surface area contributed by atoms with E-state index in [2.05, 4.69) is 5.32 Å². The molecule has 0 saturated carbocycles. The van der Waals surface area contributed by atoms with Crippen LogP contribution in [0.2, 0.25) is 0 Å². The highest BCUT2D eigenvalue weighted by Crippen LogP contribution is 2.30. The van der Waals surface area contributed by atoms with Gasteiger partial charge in [-0.25, -0.2) is 17.9 Å². The maximum atomic E-state index is 12.7. The number of benzene rings is 2. The van der Waals surface area contributed by atoms with Gasteiger partial charge in [-0.05, 0) is 42.2 Å². The number of urea groups is 1. The van der Waals surface area contributed by atoms with Crippen LogP contribution in [0.4, 0.5) is 23.7 Å². The Hall–Kier alpha value is -2.55. The van der Waals surface area contributed by atoms with E-state index in [1.807, 2.05) is 18.6 Å². The molecule has 0 aliphatic heterocycles. The number of carbonyl (C=O) groups excluding carboxylic acids is 1. The number of nitrogens with one attached hydrogen (secondary N) is 2. The van der Waals surface area contributed by atoms with Gasteiger partial charge in [-0.3, -0.25) is 0 Å². The van der Waals surface area contributed by atoms with E-state index in [0.717, 1.165) is 18.2 Å². The summed E-state index contributed by atoms with van der Waals surface area (Å²) in [5, 5.41) is 2.11. The van der Waals surface area contributed by atoms with Gasteiger partial charge in [-0.15, -0.1) is 0 Å². The van der Waals surface area contributed by atoms with Gasteiger partial charge < -0.3 is 5.32 Å². The average molecular weight is 400 g/mol. The van der Waals surface area contributed by atoms with Crippen LogP contribution in [-0.4, -0.2) is 14.4 Å². The van der Waals surface area contributed by atoms with Crippen molar-refractivity contribution >= 4 is 21.7 Å². The molecule has 146 valence electrons. The van der Waals surface area contributed by atoms with Gasteiger partial charge in [0.25, 0.3) is 10.0 Å². The van der Waals surface area contributed by atoms with Crippen molar-refractivity contribution < 1.29 is 26.4 Å². The van der Waals surface area contributed by atoms with E-state index >= 15 is 0 Å². The molecular weight excluding hydrogens is 381 g/mol. The molecule has 0 fully saturated rings. The van der Waals surface area contributed by atoms with Crippen LogP contribution in [0.1, 0.15) is 25.0 Å². The summed E-state index contributed by atoms with van der Waals surface area (Å²) in [4.78, 5) is 12.0. The Morgan fingerprint density at radius 3 is 2.37 bits per heavy atom. The van der Waals surface area contributed by atoms with Crippen molar-refractivity contribution in [2.45, 2.75) is 31.3 Å². The van der Waals surface area contributed by atoms with Gasteiger partial charge in [0.2, 0.25) is 0 Å². The van der Waals surface area contributed by atoms with Crippen LogP contribution in [0, 0.1) is 5.92 Å². The van der Waals surface area contributed by atoms with Gasteiger partial charge in [0, 0.05) is 5.69 Å². The van der Waals surface area contributed by atoms with Crippen LogP contribution in [0.25, 0.3) is 0 Å². The lowest BCUT2D eigenvalue weighted by Crippen LogP contribution is -2.35. The van der Waals surface area contributed by atoms with Gasteiger partial charge in [0.1, 0.15) is 0 Å². The van der Waals surface area contributed by atoms with E-state index in [1.165, 1.54) is 18.2 Å². The van der Waals surface area contributed by atoms with Crippen molar-refractivity contribution in [1.29, 1.82) is 0 Å². The minimum absolute atomic E-state index is 0.0436. The fourth-order valence-electron chi connectivity index (χ4n) is 2.48. The fraction of sp³-hybridized carbons (Fsp3) is 0.278. The minimum atomic E-state index is -4.57. The number of anilines is 1. The van der Waals surface area contributed by atoms with Crippen LogP contribution in [-0.2, 0) is 22.6 Å². The Balaban J connectivity index is 2.18. The van der Waals surface area contributed by atoms with Gasteiger partial charge in [-0.1, -0.05) is 38.1 Å². The molecule has 0 aromatic heterocycles. The molecule has 0 unspecified atom stereocenters. The summed E-state index contributed by atoms with van der Waals surface area (Å²) in [7, 11) is -4.18. The Morgan fingerprint density at radius 2 is 1.74 bits per heavy atom. The largest absolute Gasteiger partial charge is 0.416 e. The molecule has 2 aromatic carbocycles. The summed E-state index contributed by atoms with van der Waals surface area (Å²) < 4.78 is 65.0. The fourth-order valence-corrected chi connectivity index (χ4v) is 3.64. The molecule has 2 N–H and O–H groups in total. The number of amides is 2. The van der Waals surface area contributed by atoms with E-state index in [1.54, 1.807) is 12.1 Å².